The minimum absolute atomic E-state index is 0.0991. The molecule has 0 aliphatic carbocycles. The highest BCUT2D eigenvalue weighted by atomic mass is 16.5. The predicted molar refractivity (Wildman–Crippen MR) is 69.8 cm³/mol. The number of allylic oxidation sites excluding steroid dienone is 7. The topological polar surface area (TPSA) is 56.8 Å². The van der Waals surface area contributed by atoms with E-state index in [4.69, 9.17) is 15.3 Å². The van der Waals surface area contributed by atoms with Crippen molar-refractivity contribution in [2.75, 3.05) is 0 Å². The molecule has 0 radical (unpaired) electrons. The highest BCUT2D eigenvalue weighted by Gasteiger charge is 2.23. The van der Waals surface area contributed by atoms with Crippen LogP contribution in [0.15, 0.2) is 47.0 Å². The average Bonchev–Trinajstić information content (AvgIpc) is 2.29. The van der Waals surface area contributed by atoms with Gasteiger partial charge in [0.25, 0.3) is 0 Å². The van der Waals surface area contributed by atoms with Gasteiger partial charge in [0.1, 0.15) is 29.2 Å². The summed E-state index contributed by atoms with van der Waals surface area (Å²) in [5.74, 6) is 1.39. The molecular weight excluding hydrogens is 224 g/mol. The maximum absolute atomic E-state index is 8.94. The summed E-state index contributed by atoms with van der Waals surface area (Å²) in [6, 6.07) is 3.81. The Morgan fingerprint density at radius 2 is 1.83 bits per heavy atom. The maximum atomic E-state index is 8.94. The summed E-state index contributed by atoms with van der Waals surface area (Å²) in [6.07, 6.45) is 7.13. The Kier molecular flexibility index (Phi) is 4.13. The smallest absolute Gasteiger partial charge is 0.137 e. The lowest BCUT2D eigenvalue weighted by Gasteiger charge is -2.26. The van der Waals surface area contributed by atoms with Crippen molar-refractivity contribution in [1.82, 2.24) is 0 Å². The van der Waals surface area contributed by atoms with E-state index in [9.17, 15) is 0 Å². The second-order valence-corrected chi connectivity index (χ2v) is 4.96. The van der Waals surface area contributed by atoms with Crippen LogP contribution in [0.25, 0.3) is 0 Å². The number of nitriles is 2. The van der Waals surface area contributed by atoms with Crippen LogP contribution in [0.1, 0.15) is 27.7 Å². The van der Waals surface area contributed by atoms with Crippen LogP contribution >= 0.6 is 0 Å². The molecule has 3 nitrogen and oxygen atoms in total. The summed E-state index contributed by atoms with van der Waals surface area (Å²) in [6.45, 7) is 7.95. The molecule has 1 aliphatic rings. The largest absolute Gasteiger partial charge is 0.461 e. The Balaban J connectivity index is 3.36. The third-order valence-corrected chi connectivity index (χ3v) is 2.39. The molecule has 1 aliphatic heterocycles. The zero-order valence-electron chi connectivity index (χ0n) is 11.1. The van der Waals surface area contributed by atoms with E-state index in [-0.39, 0.29) is 11.0 Å². The van der Waals surface area contributed by atoms with E-state index in [1.54, 1.807) is 12.2 Å². The summed E-state index contributed by atoms with van der Waals surface area (Å²) in [5, 5.41) is 17.9. The number of ether oxygens (including phenoxy) is 1. The summed E-state index contributed by atoms with van der Waals surface area (Å²) >= 11 is 0. The quantitative estimate of drug-likeness (QED) is 0.656. The van der Waals surface area contributed by atoms with Crippen LogP contribution in [0.3, 0.4) is 0 Å². The van der Waals surface area contributed by atoms with Crippen molar-refractivity contribution in [2.45, 2.75) is 27.7 Å². The molecule has 0 aromatic carbocycles. The van der Waals surface area contributed by atoms with Gasteiger partial charge >= 0.3 is 0 Å². The highest BCUT2D eigenvalue weighted by molar-refractivity contribution is 5.53. The summed E-state index contributed by atoms with van der Waals surface area (Å²) in [5.41, 5.74) is 0.522. The molecule has 0 aromatic heterocycles. The lowest BCUT2D eigenvalue weighted by molar-refractivity contribution is 0.223. The third-order valence-electron chi connectivity index (χ3n) is 2.39. The fraction of sp³-hybridized carbons (Fsp3) is 0.333. The molecule has 0 N–H and O–H groups in total. The first-order valence-electron chi connectivity index (χ1n) is 5.71. The molecule has 0 aromatic rings. The molecule has 0 bridgehead atoms. The van der Waals surface area contributed by atoms with Crippen LogP contribution in [0.4, 0.5) is 0 Å². The first-order chi connectivity index (χ1) is 8.42. The minimum Gasteiger partial charge on any atom is -0.461 e. The number of hydrogen-bond acceptors (Lipinski definition) is 3. The average molecular weight is 240 g/mol. The summed E-state index contributed by atoms with van der Waals surface area (Å²) in [4.78, 5) is 0. The van der Waals surface area contributed by atoms with Crippen molar-refractivity contribution in [3.05, 3.63) is 47.0 Å². The van der Waals surface area contributed by atoms with Gasteiger partial charge in [-0.2, -0.15) is 10.5 Å². The van der Waals surface area contributed by atoms with Gasteiger partial charge in [-0.15, -0.1) is 0 Å². The number of rotatable bonds is 1. The van der Waals surface area contributed by atoms with Crippen LogP contribution in [0, 0.1) is 28.1 Å². The van der Waals surface area contributed by atoms with Crippen LogP contribution in [0.2, 0.25) is 0 Å². The molecular formula is C15H16N2O. The second kappa shape index (κ2) is 5.38. The normalized spacial score (nSPS) is 15.3. The van der Waals surface area contributed by atoms with Crippen LogP contribution in [-0.4, -0.2) is 0 Å². The zero-order valence-corrected chi connectivity index (χ0v) is 11.1. The van der Waals surface area contributed by atoms with Crippen molar-refractivity contribution in [3.63, 3.8) is 0 Å². The van der Waals surface area contributed by atoms with Crippen molar-refractivity contribution >= 4 is 0 Å². The summed E-state index contributed by atoms with van der Waals surface area (Å²) in [7, 11) is 0. The van der Waals surface area contributed by atoms with Crippen molar-refractivity contribution < 1.29 is 4.74 Å². The summed E-state index contributed by atoms with van der Waals surface area (Å²) < 4.78 is 5.74. The van der Waals surface area contributed by atoms with E-state index in [0.29, 0.717) is 11.3 Å². The number of nitrogens with zero attached hydrogens (tertiary/aromatic N) is 2. The van der Waals surface area contributed by atoms with Crippen LogP contribution < -0.4 is 0 Å². The van der Waals surface area contributed by atoms with E-state index in [0.717, 1.165) is 5.76 Å². The molecule has 0 spiro atoms. The Morgan fingerprint density at radius 3 is 2.28 bits per heavy atom. The predicted octanol–water partition coefficient (Wildman–Crippen LogP) is 3.75. The second-order valence-electron chi connectivity index (χ2n) is 4.96. The zero-order chi connectivity index (χ0) is 13.8. The monoisotopic (exact) mass is 240 g/mol. The van der Waals surface area contributed by atoms with Gasteiger partial charge in [-0.1, -0.05) is 26.8 Å². The first kappa shape index (κ1) is 13.8. The lowest BCUT2D eigenvalue weighted by atomic mass is 9.90. The Bertz CT molecular complexity index is 525. The molecule has 0 atom stereocenters. The molecule has 0 saturated carbocycles. The van der Waals surface area contributed by atoms with Gasteiger partial charge in [-0.05, 0) is 25.2 Å². The molecule has 92 valence electrons. The third kappa shape index (κ3) is 3.12. The lowest BCUT2D eigenvalue weighted by Crippen LogP contribution is -2.15. The van der Waals surface area contributed by atoms with Crippen LogP contribution in [-0.2, 0) is 4.74 Å². The van der Waals surface area contributed by atoms with Crippen molar-refractivity contribution in [3.8, 4) is 12.1 Å². The number of hydrogen-bond donors (Lipinski definition) is 0. The fourth-order valence-corrected chi connectivity index (χ4v) is 1.44. The van der Waals surface area contributed by atoms with E-state index in [2.05, 4.69) is 0 Å². The van der Waals surface area contributed by atoms with Crippen LogP contribution in [0.5, 0.6) is 0 Å². The Morgan fingerprint density at radius 1 is 1.22 bits per heavy atom. The fourth-order valence-electron chi connectivity index (χ4n) is 1.44. The highest BCUT2D eigenvalue weighted by Crippen LogP contribution is 2.33. The molecule has 1 rings (SSSR count). The molecule has 0 unspecified atom stereocenters. The van der Waals surface area contributed by atoms with Gasteiger partial charge in [0, 0.05) is 11.0 Å². The van der Waals surface area contributed by atoms with E-state index < -0.39 is 0 Å². The van der Waals surface area contributed by atoms with Gasteiger partial charge in [-0.3, -0.25) is 0 Å². The maximum Gasteiger partial charge on any atom is 0.137 e. The van der Waals surface area contributed by atoms with E-state index in [1.807, 2.05) is 52.0 Å². The van der Waals surface area contributed by atoms with E-state index >= 15 is 0 Å². The van der Waals surface area contributed by atoms with E-state index in [1.165, 1.54) is 0 Å². The van der Waals surface area contributed by atoms with Gasteiger partial charge in [-0.25, -0.2) is 0 Å². The van der Waals surface area contributed by atoms with Gasteiger partial charge < -0.3 is 4.74 Å². The first-order valence-corrected chi connectivity index (χ1v) is 5.71. The molecule has 18 heavy (non-hydrogen) atoms. The Labute approximate surface area is 108 Å². The van der Waals surface area contributed by atoms with Crippen molar-refractivity contribution in [1.29, 1.82) is 10.5 Å². The van der Waals surface area contributed by atoms with Gasteiger partial charge in [0.15, 0.2) is 0 Å². The minimum atomic E-state index is -0.178. The molecule has 3 heteroatoms. The standard InChI is InChI=1S/C15H16N2O/c1-5-6-13-7-11(12(9-16)10-17)8-14(18-13)15(2,3)4/h5-8H,1-4H3/b6-5+. The molecule has 0 saturated heterocycles. The van der Waals surface area contributed by atoms with Crippen molar-refractivity contribution in [2.24, 2.45) is 5.41 Å². The SMILES string of the molecule is C/C=C/C1=CC(=C(C#N)C#N)C=C(C(C)(C)C)O1. The molecule has 0 amide bonds. The molecule has 1 heterocycles. The van der Waals surface area contributed by atoms with Gasteiger partial charge in [0.05, 0.1) is 0 Å². The van der Waals surface area contributed by atoms with Gasteiger partial charge in [0.2, 0.25) is 0 Å². The Hall–Kier alpha value is -2.26. The molecule has 0 fully saturated rings.